The van der Waals surface area contributed by atoms with Crippen molar-refractivity contribution < 1.29 is 25.3 Å². The number of quaternary nitrogens is 2. The third kappa shape index (κ3) is 2.28. The fraction of sp³-hybridized carbons (Fsp3) is 0. The van der Waals surface area contributed by atoms with Gasteiger partial charge in [0.15, 0.2) is 11.4 Å². The molecular formula is C13H10N2O6. The molecule has 0 radical (unpaired) electrons. The van der Waals surface area contributed by atoms with Gasteiger partial charge in [-0.2, -0.15) is 10.5 Å². The molecule has 2 atom stereocenters. The fourth-order valence-electron chi connectivity index (χ4n) is 2.12. The summed E-state index contributed by atoms with van der Waals surface area (Å²) in [6, 6.07) is 7.93. The summed E-state index contributed by atoms with van der Waals surface area (Å²) in [5.41, 5.74) is -0.0364. The maximum absolute atomic E-state index is 12.4. The third-order valence-corrected chi connectivity index (χ3v) is 3.16. The Morgan fingerprint density at radius 3 is 1.67 bits per heavy atom. The second kappa shape index (κ2) is 4.90. The SMILES string of the molecule is O=c1c2cc([NH+]([O-])O)ccc2oc2ccc([NH+]([O-])O)cc12. The molecule has 108 valence electrons. The lowest BCUT2D eigenvalue weighted by Crippen LogP contribution is -2.99. The Bertz CT molecular complexity index is 818. The molecule has 0 aliphatic heterocycles. The van der Waals surface area contributed by atoms with Crippen LogP contribution in [0.25, 0.3) is 21.9 Å². The molecule has 3 aromatic rings. The Morgan fingerprint density at radius 1 is 0.857 bits per heavy atom. The molecule has 1 aromatic heterocycles. The topological polar surface area (TPSA) is 126 Å². The molecule has 2 unspecified atom stereocenters. The molecule has 8 heteroatoms. The van der Waals surface area contributed by atoms with Crippen LogP contribution in [0.5, 0.6) is 0 Å². The number of hydrogen-bond acceptors (Lipinski definition) is 6. The minimum atomic E-state index is -1.16. The number of rotatable bonds is 2. The van der Waals surface area contributed by atoms with E-state index >= 15 is 0 Å². The molecule has 2 aromatic carbocycles. The first-order valence-corrected chi connectivity index (χ1v) is 5.94. The normalized spacial score (nSPS) is 14.5. The van der Waals surface area contributed by atoms with Gasteiger partial charge in [0, 0.05) is 24.3 Å². The Labute approximate surface area is 116 Å². The van der Waals surface area contributed by atoms with E-state index < -0.39 is 15.9 Å². The van der Waals surface area contributed by atoms with Crippen molar-refractivity contribution in [2.75, 3.05) is 0 Å². The molecule has 0 fully saturated rings. The van der Waals surface area contributed by atoms with Gasteiger partial charge in [0.1, 0.15) is 11.2 Å². The molecule has 0 saturated heterocycles. The van der Waals surface area contributed by atoms with Crippen LogP contribution in [0.4, 0.5) is 11.4 Å². The predicted molar refractivity (Wildman–Crippen MR) is 71.5 cm³/mol. The lowest BCUT2D eigenvalue weighted by molar-refractivity contribution is -0.991. The summed E-state index contributed by atoms with van der Waals surface area (Å²) in [7, 11) is 0. The van der Waals surface area contributed by atoms with Gasteiger partial charge >= 0.3 is 0 Å². The average molecular weight is 290 g/mol. The maximum Gasteiger partial charge on any atom is 0.200 e. The fourth-order valence-corrected chi connectivity index (χ4v) is 2.12. The zero-order chi connectivity index (χ0) is 15.1. The lowest BCUT2D eigenvalue weighted by Gasteiger charge is -2.13. The van der Waals surface area contributed by atoms with E-state index in [1.165, 1.54) is 36.4 Å². The van der Waals surface area contributed by atoms with E-state index in [9.17, 15) is 15.2 Å². The van der Waals surface area contributed by atoms with Gasteiger partial charge < -0.3 is 14.8 Å². The average Bonchev–Trinajstić information content (AvgIpc) is 2.46. The van der Waals surface area contributed by atoms with Gasteiger partial charge in [-0.15, -0.1) is 0 Å². The van der Waals surface area contributed by atoms with Crippen molar-refractivity contribution in [2.24, 2.45) is 0 Å². The number of hydrogen-bond donors (Lipinski definition) is 4. The number of nitrogens with one attached hydrogen (secondary N) is 2. The molecule has 0 aliphatic carbocycles. The summed E-state index contributed by atoms with van der Waals surface area (Å²) in [5, 5.41) is 37.7. The molecule has 21 heavy (non-hydrogen) atoms. The zero-order valence-corrected chi connectivity index (χ0v) is 10.5. The van der Waals surface area contributed by atoms with Gasteiger partial charge in [0.05, 0.1) is 10.8 Å². The van der Waals surface area contributed by atoms with Crippen LogP contribution >= 0.6 is 0 Å². The third-order valence-electron chi connectivity index (χ3n) is 3.16. The lowest BCUT2D eigenvalue weighted by atomic mass is 10.1. The van der Waals surface area contributed by atoms with E-state index in [2.05, 4.69) is 0 Å². The van der Waals surface area contributed by atoms with Gasteiger partial charge in [-0.05, 0) is 12.1 Å². The highest BCUT2D eigenvalue weighted by Crippen LogP contribution is 2.21. The smallest absolute Gasteiger partial charge is 0.200 e. The van der Waals surface area contributed by atoms with Gasteiger partial charge in [-0.3, -0.25) is 4.79 Å². The van der Waals surface area contributed by atoms with Crippen LogP contribution in [0.2, 0.25) is 0 Å². The Hall–Kier alpha value is -2.33. The molecule has 0 saturated carbocycles. The first-order chi connectivity index (χ1) is 9.97. The van der Waals surface area contributed by atoms with Gasteiger partial charge in [-0.25, -0.2) is 10.4 Å². The van der Waals surface area contributed by atoms with Crippen molar-refractivity contribution in [3.63, 3.8) is 0 Å². The van der Waals surface area contributed by atoms with Crippen LogP contribution in [-0.2, 0) is 0 Å². The Balaban J connectivity index is 2.37. The van der Waals surface area contributed by atoms with Crippen LogP contribution in [0.15, 0.2) is 45.6 Å². The molecule has 0 amide bonds. The molecule has 0 bridgehead atoms. The Morgan fingerprint density at radius 2 is 1.29 bits per heavy atom. The van der Waals surface area contributed by atoms with E-state index in [0.717, 1.165) is 0 Å². The standard InChI is InChI=1S/C13H10N2O6/c16-13-9-5-7(14(17)18)1-3-11(9)21-12-4-2-8(15(19)20)6-10(12)13/h1-6,14-15,17,19H. The van der Waals surface area contributed by atoms with E-state index in [1.54, 1.807) is 0 Å². The second-order valence-electron chi connectivity index (χ2n) is 4.46. The quantitative estimate of drug-likeness (QED) is 0.381. The first-order valence-electron chi connectivity index (χ1n) is 5.94. The summed E-state index contributed by atoms with van der Waals surface area (Å²) in [4.78, 5) is 12.4. The summed E-state index contributed by atoms with van der Waals surface area (Å²) >= 11 is 0. The van der Waals surface area contributed by atoms with Crippen LogP contribution in [0.1, 0.15) is 0 Å². The van der Waals surface area contributed by atoms with Crippen molar-refractivity contribution in [2.45, 2.75) is 0 Å². The molecule has 3 rings (SSSR count). The maximum atomic E-state index is 12.4. The van der Waals surface area contributed by atoms with Gasteiger partial charge in [0.2, 0.25) is 5.43 Å². The predicted octanol–water partition coefficient (Wildman–Crippen LogP) is -0.247. The number of benzene rings is 2. The van der Waals surface area contributed by atoms with Crippen molar-refractivity contribution in [3.8, 4) is 0 Å². The molecule has 0 spiro atoms. The summed E-state index contributed by atoms with van der Waals surface area (Å²) < 4.78 is 5.51. The zero-order valence-electron chi connectivity index (χ0n) is 10.5. The van der Waals surface area contributed by atoms with Crippen LogP contribution in [0, 0.1) is 10.4 Å². The highest BCUT2D eigenvalue weighted by Gasteiger charge is 2.12. The largest absolute Gasteiger partial charge is 0.595 e. The molecular weight excluding hydrogens is 280 g/mol. The second-order valence-corrected chi connectivity index (χ2v) is 4.46. The Kier molecular flexibility index (Phi) is 3.18. The molecule has 8 nitrogen and oxygen atoms in total. The highest BCUT2D eigenvalue weighted by atomic mass is 16.8. The van der Waals surface area contributed by atoms with Crippen LogP contribution < -0.4 is 15.9 Å². The minimum Gasteiger partial charge on any atom is -0.595 e. The summed E-state index contributed by atoms with van der Waals surface area (Å²) in [6.07, 6.45) is 0. The molecule has 4 N–H and O–H groups in total. The van der Waals surface area contributed by atoms with Gasteiger partial charge in [0.25, 0.3) is 0 Å². The van der Waals surface area contributed by atoms with Crippen LogP contribution in [0.3, 0.4) is 0 Å². The van der Waals surface area contributed by atoms with Crippen molar-refractivity contribution >= 4 is 33.3 Å². The van der Waals surface area contributed by atoms with E-state index in [1.807, 2.05) is 0 Å². The van der Waals surface area contributed by atoms with E-state index in [0.29, 0.717) is 0 Å². The summed E-state index contributed by atoms with van der Waals surface area (Å²) in [6.45, 7) is 0. The molecule has 0 aliphatic rings. The molecule has 1 heterocycles. The van der Waals surface area contributed by atoms with Gasteiger partial charge in [-0.1, -0.05) is 0 Å². The van der Waals surface area contributed by atoms with Crippen molar-refractivity contribution in [1.29, 1.82) is 0 Å². The van der Waals surface area contributed by atoms with E-state index in [-0.39, 0.29) is 33.3 Å². The van der Waals surface area contributed by atoms with Crippen LogP contribution in [-0.4, -0.2) is 10.4 Å². The highest BCUT2D eigenvalue weighted by molar-refractivity contribution is 5.91. The van der Waals surface area contributed by atoms with E-state index in [4.69, 9.17) is 14.8 Å². The number of fused-ring (bicyclic) bond motifs is 2. The monoisotopic (exact) mass is 290 g/mol. The first kappa shape index (κ1) is 13.6. The van der Waals surface area contributed by atoms with Crippen molar-refractivity contribution in [1.82, 2.24) is 0 Å². The van der Waals surface area contributed by atoms with Crippen molar-refractivity contribution in [3.05, 3.63) is 57.0 Å². The minimum absolute atomic E-state index is 0.0384. The summed E-state index contributed by atoms with van der Waals surface area (Å²) in [5.74, 6) is 0.